The van der Waals surface area contributed by atoms with Crippen molar-refractivity contribution in [1.29, 1.82) is 5.41 Å². The van der Waals surface area contributed by atoms with Crippen molar-refractivity contribution in [2.75, 3.05) is 5.73 Å². The van der Waals surface area contributed by atoms with E-state index < -0.39 is 23.6 Å². The number of carboxylic acid groups (broad SMARTS) is 1. The first kappa shape index (κ1) is 28.3. The number of halogens is 1. The minimum atomic E-state index is -1.40. The van der Waals surface area contributed by atoms with Crippen molar-refractivity contribution in [2.24, 2.45) is 0 Å². The molecule has 0 aliphatic rings. The molecule has 1 amide bonds. The number of nitrogens with two attached hydrogens (primary N) is 1. The number of hydrogen-bond donors (Lipinski definition) is 4. The van der Waals surface area contributed by atoms with E-state index in [9.17, 15) is 14.7 Å². The predicted molar refractivity (Wildman–Crippen MR) is 138 cm³/mol. The van der Waals surface area contributed by atoms with Crippen LogP contribution in [0.15, 0.2) is 73.1 Å². The summed E-state index contributed by atoms with van der Waals surface area (Å²) in [5, 5.41) is 20.4. The SMILES string of the molecule is C=C(/C=C\C(=C)Cc1cncc(C(NC(=O)C(=N)c2cc(Cl)ccc2N)C(=O)O)c1)CC.CC. The Morgan fingerprint density at radius 1 is 1.21 bits per heavy atom. The first-order chi connectivity index (χ1) is 16.1. The van der Waals surface area contributed by atoms with Gasteiger partial charge >= 0.3 is 5.97 Å². The van der Waals surface area contributed by atoms with E-state index in [1.165, 1.54) is 24.4 Å². The summed E-state index contributed by atoms with van der Waals surface area (Å²) in [5.74, 6) is -2.19. The van der Waals surface area contributed by atoms with Crippen LogP contribution in [0, 0.1) is 5.41 Å². The Morgan fingerprint density at radius 3 is 2.47 bits per heavy atom. The number of hydrogen-bond acceptors (Lipinski definition) is 5. The molecular weight excluding hydrogens is 452 g/mol. The lowest BCUT2D eigenvalue weighted by molar-refractivity contribution is -0.141. The smallest absolute Gasteiger partial charge is 0.330 e. The van der Waals surface area contributed by atoms with Crippen molar-refractivity contribution in [3.8, 4) is 0 Å². The van der Waals surface area contributed by atoms with Gasteiger partial charge in [-0.25, -0.2) is 4.79 Å². The summed E-state index contributed by atoms with van der Waals surface area (Å²) in [7, 11) is 0. The summed E-state index contributed by atoms with van der Waals surface area (Å²) in [5.41, 5.74) is 8.39. The Kier molecular flexibility index (Phi) is 11.5. The number of anilines is 1. The van der Waals surface area contributed by atoms with Gasteiger partial charge in [0.15, 0.2) is 6.04 Å². The lowest BCUT2D eigenvalue weighted by atomic mass is 10.0. The van der Waals surface area contributed by atoms with E-state index in [0.717, 1.165) is 23.1 Å². The zero-order valence-corrected chi connectivity index (χ0v) is 20.4. The predicted octanol–water partition coefficient (Wildman–Crippen LogP) is 5.27. The zero-order chi connectivity index (χ0) is 25.8. The molecule has 7 nitrogen and oxygen atoms in total. The number of carbonyl (C=O) groups excluding carboxylic acids is 1. The molecule has 0 spiro atoms. The zero-order valence-electron chi connectivity index (χ0n) is 19.7. The van der Waals surface area contributed by atoms with E-state index in [-0.39, 0.29) is 16.8 Å². The fraction of sp³-hybridized carbons (Fsp3) is 0.231. The summed E-state index contributed by atoms with van der Waals surface area (Å²) in [6.07, 6.45) is 7.98. The molecule has 0 saturated carbocycles. The van der Waals surface area contributed by atoms with Gasteiger partial charge in [0.25, 0.3) is 5.91 Å². The van der Waals surface area contributed by atoms with Gasteiger partial charge in [0, 0.05) is 34.2 Å². The highest BCUT2D eigenvalue weighted by atomic mass is 35.5. The number of aliphatic carboxylic acids is 1. The van der Waals surface area contributed by atoms with Crippen LogP contribution >= 0.6 is 11.6 Å². The van der Waals surface area contributed by atoms with Gasteiger partial charge in [-0.3, -0.25) is 15.2 Å². The molecular formula is C26H31ClN4O3. The van der Waals surface area contributed by atoms with E-state index in [2.05, 4.69) is 23.5 Å². The fourth-order valence-electron chi connectivity index (χ4n) is 2.80. The molecule has 0 aliphatic heterocycles. The van der Waals surface area contributed by atoms with Crippen LogP contribution in [0.2, 0.25) is 5.02 Å². The van der Waals surface area contributed by atoms with E-state index in [4.69, 9.17) is 22.7 Å². The Hall–Kier alpha value is -3.71. The number of amides is 1. The molecule has 1 heterocycles. The van der Waals surface area contributed by atoms with Crippen LogP contribution in [0.5, 0.6) is 0 Å². The molecule has 0 bridgehead atoms. The lowest BCUT2D eigenvalue weighted by Crippen LogP contribution is -2.38. The molecule has 1 atom stereocenters. The molecule has 0 radical (unpaired) electrons. The number of benzene rings is 1. The van der Waals surface area contributed by atoms with Gasteiger partial charge in [0.05, 0.1) is 0 Å². The number of aromatic nitrogens is 1. The molecule has 0 saturated heterocycles. The van der Waals surface area contributed by atoms with Crippen LogP contribution in [-0.4, -0.2) is 27.7 Å². The number of carboxylic acids is 1. The van der Waals surface area contributed by atoms with Gasteiger partial charge in [-0.2, -0.15) is 0 Å². The number of rotatable bonds is 10. The van der Waals surface area contributed by atoms with Crippen molar-refractivity contribution in [2.45, 2.75) is 39.7 Å². The Balaban J connectivity index is 0.00000281. The minimum absolute atomic E-state index is 0.114. The average molecular weight is 483 g/mol. The van der Waals surface area contributed by atoms with E-state index in [0.29, 0.717) is 11.4 Å². The highest BCUT2D eigenvalue weighted by molar-refractivity contribution is 6.45. The van der Waals surface area contributed by atoms with Crippen LogP contribution in [-0.2, 0) is 16.0 Å². The lowest BCUT2D eigenvalue weighted by Gasteiger charge is -2.16. The van der Waals surface area contributed by atoms with Gasteiger partial charge in [0.1, 0.15) is 5.71 Å². The second-order valence-electron chi connectivity index (χ2n) is 7.16. The maximum absolute atomic E-state index is 12.6. The molecule has 0 fully saturated rings. The molecule has 1 aromatic heterocycles. The molecule has 0 aliphatic carbocycles. The van der Waals surface area contributed by atoms with Crippen LogP contribution in [0.25, 0.3) is 0 Å². The van der Waals surface area contributed by atoms with Gasteiger partial charge < -0.3 is 16.2 Å². The van der Waals surface area contributed by atoms with Gasteiger partial charge in [-0.05, 0) is 42.7 Å². The van der Waals surface area contributed by atoms with E-state index in [1.807, 2.05) is 32.9 Å². The van der Waals surface area contributed by atoms with Crippen LogP contribution in [0.4, 0.5) is 5.69 Å². The summed E-state index contributed by atoms with van der Waals surface area (Å²) < 4.78 is 0. The Bertz CT molecular complexity index is 1110. The molecule has 2 rings (SSSR count). The standard InChI is InChI=1S/C24H25ClN4O3.C2H6/c1-4-14(2)5-6-15(3)9-16-10-17(13-28-12-16)22(24(31)32)29-23(30)21(27)19-11-18(25)7-8-20(19)26;1-2/h5-8,10-13,22,27H,2-4,9,26H2,1H3,(H,29,30)(H,31,32);1-2H3/b6-5-,27-21?;. The highest BCUT2D eigenvalue weighted by Crippen LogP contribution is 2.20. The normalized spacial score (nSPS) is 11.2. The summed E-state index contributed by atoms with van der Waals surface area (Å²) >= 11 is 5.92. The monoisotopic (exact) mass is 482 g/mol. The third-order valence-electron chi connectivity index (χ3n) is 4.62. The minimum Gasteiger partial charge on any atom is -0.479 e. The fourth-order valence-corrected chi connectivity index (χ4v) is 2.97. The second kappa shape index (κ2) is 13.7. The average Bonchev–Trinajstić information content (AvgIpc) is 2.83. The van der Waals surface area contributed by atoms with Crippen molar-refractivity contribution in [1.82, 2.24) is 10.3 Å². The molecule has 5 N–H and O–H groups in total. The number of nitrogens with zero attached hydrogens (tertiary/aromatic N) is 1. The van der Waals surface area contributed by atoms with Gasteiger partial charge in [-0.1, -0.05) is 68.8 Å². The number of carbonyl (C=O) groups is 2. The molecule has 8 heteroatoms. The first-order valence-electron chi connectivity index (χ1n) is 10.8. The Morgan fingerprint density at radius 2 is 1.85 bits per heavy atom. The molecule has 1 aromatic carbocycles. The van der Waals surface area contributed by atoms with Crippen molar-refractivity contribution < 1.29 is 14.7 Å². The maximum atomic E-state index is 12.6. The maximum Gasteiger partial charge on any atom is 0.330 e. The van der Waals surface area contributed by atoms with Gasteiger partial charge in [0.2, 0.25) is 0 Å². The molecule has 180 valence electrons. The third kappa shape index (κ3) is 8.33. The van der Waals surface area contributed by atoms with Crippen LogP contribution < -0.4 is 11.1 Å². The summed E-state index contributed by atoms with van der Waals surface area (Å²) in [6.45, 7) is 13.9. The van der Waals surface area contributed by atoms with Crippen LogP contribution in [0.1, 0.15) is 49.9 Å². The van der Waals surface area contributed by atoms with Crippen LogP contribution in [0.3, 0.4) is 0 Å². The van der Waals surface area contributed by atoms with Gasteiger partial charge in [-0.15, -0.1) is 0 Å². The molecule has 1 unspecified atom stereocenters. The quantitative estimate of drug-likeness (QED) is 0.208. The number of allylic oxidation sites excluding steroid dienone is 4. The number of pyridine rings is 1. The third-order valence-corrected chi connectivity index (χ3v) is 4.86. The highest BCUT2D eigenvalue weighted by Gasteiger charge is 2.26. The summed E-state index contributed by atoms with van der Waals surface area (Å²) in [4.78, 5) is 28.5. The van der Waals surface area contributed by atoms with Crippen molar-refractivity contribution in [3.63, 3.8) is 0 Å². The Labute approximate surface area is 205 Å². The number of nitrogen functional groups attached to an aromatic ring is 1. The van der Waals surface area contributed by atoms with Crippen molar-refractivity contribution >= 4 is 34.9 Å². The second-order valence-corrected chi connectivity index (χ2v) is 7.59. The summed E-state index contributed by atoms with van der Waals surface area (Å²) in [6, 6.07) is 4.61. The number of nitrogens with one attached hydrogen (secondary N) is 2. The topological polar surface area (TPSA) is 129 Å². The first-order valence-corrected chi connectivity index (χ1v) is 11.1. The van der Waals surface area contributed by atoms with E-state index >= 15 is 0 Å². The molecule has 34 heavy (non-hydrogen) atoms. The van der Waals surface area contributed by atoms with E-state index in [1.54, 1.807) is 12.3 Å². The largest absolute Gasteiger partial charge is 0.479 e. The molecule has 2 aromatic rings. The van der Waals surface area contributed by atoms with Crippen molar-refractivity contribution in [3.05, 3.63) is 94.8 Å².